The molecular formula is C8H15NO2. The average Bonchev–Trinajstić information content (AvgIpc) is 2.67. The summed E-state index contributed by atoms with van der Waals surface area (Å²) in [6, 6.07) is 0.262. The van der Waals surface area contributed by atoms with Gasteiger partial charge in [0.15, 0.2) is 0 Å². The molecule has 1 aliphatic heterocycles. The van der Waals surface area contributed by atoms with Crippen LogP contribution in [0.25, 0.3) is 0 Å². The van der Waals surface area contributed by atoms with Gasteiger partial charge in [0.25, 0.3) is 0 Å². The first-order valence-corrected chi connectivity index (χ1v) is 4.15. The standard InChI is InChI=1S/C8H15NO2/c1-3-4-7-5-9(7)6(2)8(10)11/h6-7H,3-5H2,1-2H3,(H,10,11). The third-order valence-corrected chi connectivity index (χ3v) is 2.23. The Morgan fingerprint density at radius 2 is 2.45 bits per heavy atom. The van der Waals surface area contributed by atoms with Gasteiger partial charge in [0.05, 0.1) is 0 Å². The Morgan fingerprint density at radius 3 is 2.91 bits per heavy atom. The van der Waals surface area contributed by atoms with E-state index < -0.39 is 5.97 Å². The van der Waals surface area contributed by atoms with E-state index in [1.807, 2.05) is 4.90 Å². The molecule has 0 aliphatic carbocycles. The van der Waals surface area contributed by atoms with Gasteiger partial charge in [-0.1, -0.05) is 13.3 Å². The minimum atomic E-state index is -0.705. The second kappa shape index (κ2) is 3.22. The van der Waals surface area contributed by atoms with Gasteiger partial charge in [-0.05, 0) is 13.3 Å². The van der Waals surface area contributed by atoms with E-state index in [2.05, 4.69) is 6.92 Å². The van der Waals surface area contributed by atoms with E-state index in [0.717, 1.165) is 19.4 Å². The highest BCUT2D eigenvalue weighted by atomic mass is 16.4. The van der Waals surface area contributed by atoms with Crippen LogP contribution in [0.4, 0.5) is 0 Å². The van der Waals surface area contributed by atoms with E-state index in [1.165, 1.54) is 0 Å². The topological polar surface area (TPSA) is 40.3 Å². The Bertz CT molecular complexity index is 158. The van der Waals surface area contributed by atoms with Crippen molar-refractivity contribution in [1.82, 2.24) is 4.90 Å². The van der Waals surface area contributed by atoms with Crippen LogP contribution in [0.5, 0.6) is 0 Å². The highest BCUT2D eigenvalue weighted by Crippen LogP contribution is 2.25. The van der Waals surface area contributed by atoms with Crippen LogP contribution in [0.2, 0.25) is 0 Å². The molecule has 3 atom stereocenters. The molecule has 1 rings (SSSR count). The number of aliphatic carboxylic acids is 1. The fourth-order valence-electron chi connectivity index (χ4n) is 1.40. The number of carboxylic acid groups (broad SMARTS) is 1. The number of nitrogens with zero attached hydrogens (tertiary/aromatic N) is 1. The van der Waals surface area contributed by atoms with Gasteiger partial charge in [-0.15, -0.1) is 0 Å². The summed E-state index contributed by atoms with van der Waals surface area (Å²) in [4.78, 5) is 12.5. The molecule has 3 unspecified atom stereocenters. The van der Waals surface area contributed by atoms with Crippen LogP contribution in [0.1, 0.15) is 26.7 Å². The van der Waals surface area contributed by atoms with Crippen LogP contribution in [0.3, 0.4) is 0 Å². The second-order valence-corrected chi connectivity index (χ2v) is 3.15. The molecule has 1 heterocycles. The van der Waals surface area contributed by atoms with Gasteiger partial charge >= 0.3 is 5.97 Å². The Balaban J connectivity index is 2.26. The van der Waals surface area contributed by atoms with Crippen molar-refractivity contribution in [3.8, 4) is 0 Å². The Hall–Kier alpha value is -0.570. The summed E-state index contributed by atoms with van der Waals surface area (Å²) >= 11 is 0. The number of hydrogen-bond donors (Lipinski definition) is 1. The molecule has 64 valence electrons. The maximum atomic E-state index is 10.5. The molecular weight excluding hydrogens is 142 g/mol. The fraction of sp³-hybridized carbons (Fsp3) is 0.875. The summed E-state index contributed by atoms with van der Waals surface area (Å²) in [5, 5.41) is 8.64. The largest absolute Gasteiger partial charge is 0.480 e. The van der Waals surface area contributed by atoms with Crippen molar-refractivity contribution in [2.24, 2.45) is 0 Å². The first kappa shape index (κ1) is 8.53. The van der Waals surface area contributed by atoms with Gasteiger partial charge in [0, 0.05) is 12.6 Å². The van der Waals surface area contributed by atoms with Gasteiger partial charge in [-0.2, -0.15) is 0 Å². The predicted octanol–water partition coefficient (Wildman–Crippen LogP) is 0.944. The molecule has 3 nitrogen and oxygen atoms in total. The third-order valence-electron chi connectivity index (χ3n) is 2.23. The van der Waals surface area contributed by atoms with E-state index in [4.69, 9.17) is 5.11 Å². The fourth-order valence-corrected chi connectivity index (χ4v) is 1.40. The van der Waals surface area contributed by atoms with Crippen molar-refractivity contribution >= 4 is 5.97 Å². The van der Waals surface area contributed by atoms with Crippen LogP contribution < -0.4 is 0 Å². The van der Waals surface area contributed by atoms with Gasteiger partial charge in [-0.25, -0.2) is 0 Å². The Kier molecular flexibility index (Phi) is 2.49. The molecule has 1 saturated heterocycles. The molecule has 0 aromatic carbocycles. The molecule has 0 radical (unpaired) electrons. The van der Waals surface area contributed by atoms with Crippen LogP contribution in [-0.4, -0.2) is 34.6 Å². The Morgan fingerprint density at radius 1 is 1.82 bits per heavy atom. The molecule has 1 aliphatic rings. The molecule has 0 aromatic heterocycles. The van der Waals surface area contributed by atoms with Crippen LogP contribution in [0, 0.1) is 0 Å². The van der Waals surface area contributed by atoms with Crippen molar-refractivity contribution < 1.29 is 9.90 Å². The summed E-state index contributed by atoms with van der Waals surface area (Å²) in [5.74, 6) is -0.705. The molecule has 11 heavy (non-hydrogen) atoms. The minimum absolute atomic E-state index is 0.286. The van der Waals surface area contributed by atoms with Crippen molar-refractivity contribution in [2.45, 2.75) is 38.8 Å². The molecule has 0 spiro atoms. The van der Waals surface area contributed by atoms with Gasteiger partial charge in [0.1, 0.15) is 6.04 Å². The smallest absolute Gasteiger partial charge is 0.320 e. The van der Waals surface area contributed by atoms with E-state index in [9.17, 15) is 4.79 Å². The lowest BCUT2D eigenvalue weighted by molar-refractivity contribution is -0.140. The zero-order chi connectivity index (χ0) is 8.43. The highest BCUT2D eigenvalue weighted by Gasteiger charge is 2.39. The van der Waals surface area contributed by atoms with E-state index in [1.54, 1.807) is 6.92 Å². The van der Waals surface area contributed by atoms with Crippen LogP contribution in [-0.2, 0) is 4.79 Å². The second-order valence-electron chi connectivity index (χ2n) is 3.15. The lowest BCUT2D eigenvalue weighted by Crippen LogP contribution is -2.26. The highest BCUT2D eigenvalue weighted by molar-refractivity contribution is 5.73. The number of hydrogen-bond acceptors (Lipinski definition) is 2. The minimum Gasteiger partial charge on any atom is -0.480 e. The quantitative estimate of drug-likeness (QED) is 0.617. The monoisotopic (exact) mass is 157 g/mol. The van der Waals surface area contributed by atoms with Crippen molar-refractivity contribution in [3.05, 3.63) is 0 Å². The van der Waals surface area contributed by atoms with Gasteiger partial charge < -0.3 is 5.11 Å². The summed E-state index contributed by atoms with van der Waals surface area (Å²) in [6.07, 6.45) is 2.28. The normalized spacial score (nSPS) is 31.5. The van der Waals surface area contributed by atoms with Crippen molar-refractivity contribution in [2.75, 3.05) is 6.54 Å². The lowest BCUT2D eigenvalue weighted by atomic mass is 10.2. The average molecular weight is 157 g/mol. The van der Waals surface area contributed by atoms with Crippen molar-refractivity contribution in [1.29, 1.82) is 0 Å². The zero-order valence-corrected chi connectivity index (χ0v) is 7.08. The molecule has 3 heteroatoms. The summed E-state index contributed by atoms with van der Waals surface area (Å²) in [7, 11) is 0. The van der Waals surface area contributed by atoms with E-state index in [0.29, 0.717) is 6.04 Å². The zero-order valence-electron chi connectivity index (χ0n) is 7.08. The molecule has 1 N–H and O–H groups in total. The summed E-state index contributed by atoms with van der Waals surface area (Å²) in [5.41, 5.74) is 0. The van der Waals surface area contributed by atoms with Crippen molar-refractivity contribution in [3.63, 3.8) is 0 Å². The molecule has 0 amide bonds. The van der Waals surface area contributed by atoms with Gasteiger partial charge in [0.2, 0.25) is 0 Å². The van der Waals surface area contributed by atoms with E-state index in [-0.39, 0.29) is 6.04 Å². The maximum Gasteiger partial charge on any atom is 0.320 e. The van der Waals surface area contributed by atoms with E-state index >= 15 is 0 Å². The Labute approximate surface area is 67.0 Å². The first-order chi connectivity index (χ1) is 5.16. The van der Waals surface area contributed by atoms with Crippen LogP contribution in [0.15, 0.2) is 0 Å². The summed E-state index contributed by atoms with van der Waals surface area (Å²) in [6.45, 7) is 4.85. The third kappa shape index (κ3) is 1.93. The van der Waals surface area contributed by atoms with Gasteiger partial charge in [-0.3, -0.25) is 9.69 Å². The molecule has 0 saturated carbocycles. The number of rotatable bonds is 4. The number of carboxylic acids is 1. The number of carbonyl (C=O) groups is 1. The maximum absolute atomic E-state index is 10.5. The molecule has 0 aromatic rings. The molecule has 1 fully saturated rings. The predicted molar refractivity (Wildman–Crippen MR) is 42.5 cm³/mol. The molecule has 0 bridgehead atoms. The SMILES string of the molecule is CCCC1CN1C(C)C(=O)O. The van der Waals surface area contributed by atoms with Crippen LogP contribution >= 0.6 is 0 Å². The summed E-state index contributed by atoms with van der Waals surface area (Å²) < 4.78 is 0. The first-order valence-electron chi connectivity index (χ1n) is 4.15. The lowest BCUT2D eigenvalue weighted by Gasteiger charge is -2.07.